The van der Waals surface area contributed by atoms with Crippen molar-refractivity contribution in [2.24, 2.45) is 0 Å². The Bertz CT molecular complexity index is 528. The number of nitriles is 1. The number of pyridine rings is 1. The number of carbonyl (C=O) groups is 1. The Hall–Kier alpha value is -1.74. The van der Waals surface area contributed by atoms with Gasteiger partial charge in [0.1, 0.15) is 11.6 Å². The number of nitrogens with zero attached hydrogens (tertiary/aromatic N) is 1. The molecule has 0 aliphatic carbocycles. The molecule has 2 N–H and O–H groups in total. The number of hydrogen-bond acceptors (Lipinski definition) is 4. The lowest BCUT2D eigenvalue weighted by Gasteiger charge is -2.08. The molecule has 0 spiro atoms. The lowest BCUT2D eigenvalue weighted by atomic mass is 10.0. The molecule has 1 aromatic heterocycles. The van der Waals surface area contributed by atoms with Gasteiger partial charge in [-0.05, 0) is 18.2 Å². The molecule has 0 aliphatic heterocycles. The number of carboxylic acids is 1. The molecule has 84 valence electrons. The fourth-order valence-corrected chi connectivity index (χ4v) is 2.05. The minimum Gasteiger partial charge on any atom is -0.477 e. The van der Waals surface area contributed by atoms with Gasteiger partial charge in [0.25, 0.3) is 5.56 Å². The van der Waals surface area contributed by atoms with Gasteiger partial charge in [0.2, 0.25) is 0 Å². The highest BCUT2D eigenvalue weighted by molar-refractivity contribution is 7.98. The normalized spacial score (nSPS) is 9.81. The van der Waals surface area contributed by atoms with Gasteiger partial charge < -0.3 is 10.1 Å². The molecule has 0 aromatic carbocycles. The Morgan fingerprint density at radius 3 is 2.62 bits per heavy atom. The zero-order valence-electron chi connectivity index (χ0n) is 8.83. The van der Waals surface area contributed by atoms with Crippen molar-refractivity contribution >= 4 is 17.7 Å². The maximum atomic E-state index is 11.5. The predicted octanol–water partition coefficient (Wildman–Crippen LogP) is 1.23. The van der Waals surface area contributed by atoms with Crippen LogP contribution in [0.5, 0.6) is 0 Å². The number of aromatic amines is 1. The van der Waals surface area contributed by atoms with E-state index in [1.165, 1.54) is 11.8 Å². The average molecular weight is 238 g/mol. The topological polar surface area (TPSA) is 94.0 Å². The van der Waals surface area contributed by atoms with Crippen LogP contribution in [0.4, 0.5) is 0 Å². The van der Waals surface area contributed by atoms with Crippen molar-refractivity contribution < 1.29 is 9.90 Å². The third kappa shape index (κ3) is 1.95. The molecule has 0 saturated heterocycles. The van der Waals surface area contributed by atoms with Crippen molar-refractivity contribution in [1.82, 2.24) is 4.98 Å². The number of aromatic carboxylic acids is 1. The van der Waals surface area contributed by atoms with Gasteiger partial charge >= 0.3 is 5.97 Å². The van der Waals surface area contributed by atoms with Crippen LogP contribution in [0.15, 0.2) is 9.82 Å². The van der Waals surface area contributed by atoms with Crippen LogP contribution < -0.4 is 5.56 Å². The molecular weight excluding hydrogens is 228 g/mol. The molecule has 0 radical (unpaired) electrons. The first-order valence-electron chi connectivity index (χ1n) is 4.53. The Morgan fingerprint density at radius 2 is 2.25 bits per heavy atom. The molecule has 1 aromatic rings. The quantitative estimate of drug-likeness (QED) is 0.772. The third-order valence-corrected chi connectivity index (χ3v) is 2.88. The van der Waals surface area contributed by atoms with E-state index in [0.717, 1.165) is 0 Å². The van der Waals surface area contributed by atoms with E-state index in [1.807, 2.05) is 6.07 Å². The SMILES string of the molecule is CCc1c(C#N)c(SC)[nH]c(=O)c1C(=O)O. The van der Waals surface area contributed by atoms with Crippen molar-refractivity contribution in [3.63, 3.8) is 0 Å². The van der Waals surface area contributed by atoms with Crippen LogP contribution in [0.3, 0.4) is 0 Å². The predicted molar refractivity (Wildman–Crippen MR) is 59.9 cm³/mol. The van der Waals surface area contributed by atoms with E-state index in [1.54, 1.807) is 13.2 Å². The fraction of sp³-hybridized carbons (Fsp3) is 0.300. The zero-order valence-corrected chi connectivity index (χ0v) is 9.64. The molecule has 0 bridgehead atoms. The summed E-state index contributed by atoms with van der Waals surface area (Å²) < 4.78 is 0. The standard InChI is InChI=1S/C10H10N2O3S/c1-3-5-6(4-11)9(16-2)12-8(13)7(5)10(14)15/h3H2,1-2H3,(H,12,13)(H,14,15). The summed E-state index contributed by atoms with van der Waals surface area (Å²) in [4.78, 5) is 24.9. The maximum absolute atomic E-state index is 11.5. The smallest absolute Gasteiger partial charge is 0.341 e. The molecule has 1 rings (SSSR count). The minimum atomic E-state index is -1.30. The second kappa shape index (κ2) is 4.86. The Labute approximate surface area is 96.1 Å². The summed E-state index contributed by atoms with van der Waals surface area (Å²) in [6.07, 6.45) is 2.05. The third-order valence-electron chi connectivity index (χ3n) is 2.17. The highest BCUT2D eigenvalue weighted by atomic mass is 32.2. The zero-order chi connectivity index (χ0) is 12.3. The highest BCUT2D eigenvalue weighted by Crippen LogP contribution is 2.21. The maximum Gasteiger partial charge on any atom is 0.341 e. The summed E-state index contributed by atoms with van der Waals surface area (Å²) in [6, 6.07) is 1.93. The van der Waals surface area contributed by atoms with Gasteiger partial charge in [0.15, 0.2) is 0 Å². The Balaban J connectivity index is 3.73. The second-order valence-electron chi connectivity index (χ2n) is 2.99. The number of thioether (sulfide) groups is 1. The molecule has 16 heavy (non-hydrogen) atoms. The number of carboxylic acid groups (broad SMARTS) is 1. The molecule has 0 fully saturated rings. The van der Waals surface area contributed by atoms with E-state index in [9.17, 15) is 9.59 Å². The van der Waals surface area contributed by atoms with E-state index in [4.69, 9.17) is 10.4 Å². The number of H-pyrrole nitrogens is 1. The van der Waals surface area contributed by atoms with Crippen LogP contribution in [0, 0.1) is 11.3 Å². The van der Waals surface area contributed by atoms with Gasteiger partial charge in [-0.25, -0.2) is 4.79 Å². The van der Waals surface area contributed by atoms with Crippen LogP contribution in [0.2, 0.25) is 0 Å². The van der Waals surface area contributed by atoms with Gasteiger partial charge in [0.05, 0.1) is 10.6 Å². The van der Waals surface area contributed by atoms with Crippen LogP contribution in [0.1, 0.15) is 28.4 Å². The van der Waals surface area contributed by atoms with Crippen molar-refractivity contribution in [3.05, 3.63) is 27.0 Å². The van der Waals surface area contributed by atoms with Gasteiger partial charge in [-0.2, -0.15) is 5.26 Å². The molecule has 0 saturated carbocycles. The number of aromatic nitrogens is 1. The molecule has 0 unspecified atom stereocenters. The van der Waals surface area contributed by atoms with Gasteiger partial charge in [0, 0.05) is 0 Å². The molecule has 0 atom stereocenters. The summed E-state index contributed by atoms with van der Waals surface area (Å²) in [5.74, 6) is -1.30. The number of hydrogen-bond donors (Lipinski definition) is 2. The summed E-state index contributed by atoms with van der Waals surface area (Å²) in [5.41, 5.74) is -0.459. The number of nitrogens with one attached hydrogen (secondary N) is 1. The van der Waals surface area contributed by atoms with Gasteiger partial charge in [-0.3, -0.25) is 4.79 Å². The van der Waals surface area contributed by atoms with Crippen molar-refractivity contribution in [3.8, 4) is 6.07 Å². The molecule has 5 nitrogen and oxygen atoms in total. The first-order valence-corrected chi connectivity index (χ1v) is 5.75. The minimum absolute atomic E-state index is 0.243. The van der Waals surface area contributed by atoms with Crippen LogP contribution in [-0.4, -0.2) is 22.3 Å². The molecule has 1 heterocycles. The Kier molecular flexibility index (Phi) is 3.74. The number of rotatable bonds is 3. The lowest BCUT2D eigenvalue weighted by molar-refractivity contribution is 0.0693. The van der Waals surface area contributed by atoms with E-state index in [-0.39, 0.29) is 11.1 Å². The first-order chi connectivity index (χ1) is 7.56. The molecule has 0 aliphatic rings. The van der Waals surface area contributed by atoms with E-state index in [0.29, 0.717) is 17.0 Å². The van der Waals surface area contributed by atoms with E-state index in [2.05, 4.69) is 4.98 Å². The fourth-order valence-electron chi connectivity index (χ4n) is 1.48. The first kappa shape index (κ1) is 12.3. The second-order valence-corrected chi connectivity index (χ2v) is 3.80. The molecule has 0 amide bonds. The summed E-state index contributed by atoms with van der Waals surface area (Å²) in [7, 11) is 0. The van der Waals surface area contributed by atoms with Crippen LogP contribution in [-0.2, 0) is 6.42 Å². The monoisotopic (exact) mass is 238 g/mol. The highest BCUT2D eigenvalue weighted by Gasteiger charge is 2.20. The van der Waals surface area contributed by atoms with Crippen molar-refractivity contribution in [1.29, 1.82) is 5.26 Å². The summed E-state index contributed by atoms with van der Waals surface area (Å²) >= 11 is 1.21. The summed E-state index contributed by atoms with van der Waals surface area (Å²) in [6.45, 7) is 1.71. The van der Waals surface area contributed by atoms with Crippen LogP contribution >= 0.6 is 11.8 Å². The van der Waals surface area contributed by atoms with Crippen molar-refractivity contribution in [2.75, 3.05) is 6.26 Å². The van der Waals surface area contributed by atoms with Gasteiger partial charge in [-0.1, -0.05) is 6.92 Å². The molecule has 6 heteroatoms. The summed E-state index contributed by atoms with van der Waals surface area (Å²) in [5, 5.41) is 18.3. The van der Waals surface area contributed by atoms with E-state index < -0.39 is 11.5 Å². The Morgan fingerprint density at radius 1 is 1.62 bits per heavy atom. The van der Waals surface area contributed by atoms with Crippen LogP contribution in [0.25, 0.3) is 0 Å². The van der Waals surface area contributed by atoms with Crippen molar-refractivity contribution in [2.45, 2.75) is 18.4 Å². The largest absolute Gasteiger partial charge is 0.477 e. The molecular formula is C10H10N2O3S. The van der Waals surface area contributed by atoms with Gasteiger partial charge in [-0.15, -0.1) is 11.8 Å². The lowest BCUT2D eigenvalue weighted by Crippen LogP contribution is -2.22. The average Bonchev–Trinajstić information content (AvgIpc) is 2.26. The van der Waals surface area contributed by atoms with E-state index >= 15 is 0 Å².